The molecule has 0 atom stereocenters. The van der Waals surface area contributed by atoms with E-state index in [1.165, 1.54) is 0 Å². The smallest absolute Gasteiger partial charge is 0.221 e. The van der Waals surface area contributed by atoms with E-state index >= 15 is 0 Å². The van der Waals surface area contributed by atoms with E-state index in [0.717, 1.165) is 33.1 Å². The lowest BCUT2D eigenvalue weighted by atomic mass is 10.2. The second-order valence-electron chi connectivity index (χ2n) is 6.49. The first-order valence-corrected chi connectivity index (χ1v) is 9.37. The molecule has 0 aliphatic heterocycles. The van der Waals surface area contributed by atoms with Gasteiger partial charge in [0.15, 0.2) is 5.65 Å². The average molecular weight is 378 g/mol. The quantitative estimate of drug-likeness (QED) is 0.459. The minimum atomic E-state index is -0.0488. The van der Waals surface area contributed by atoms with Crippen LogP contribution in [0.4, 0.5) is 0 Å². The highest BCUT2D eigenvalue weighted by molar-refractivity contribution is 6.06. The normalized spacial score (nSPS) is 11.5. The number of para-hydroxylation sites is 3. The molecule has 0 spiro atoms. The molecule has 0 radical (unpaired) electrons. The van der Waals surface area contributed by atoms with Crippen molar-refractivity contribution in [2.24, 2.45) is 0 Å². The topological polar surface area (TPSA) is 89.3 Å². The van der Waals surface area contributed by atoms with Crippen molar-refractivity contribution in [3.63, 3.8) is 0 Å². The molecule has 2 heterocycles. The van der Waals surface area contributed by atoms with Crippen LogP contribution in [0.2, 0.25) is 0 Å². The maximum Gasteiger partial charge on any atom is 0.221 e. The van der Waals surface area contributed by atoms with Crippen LogP contribution in [0.1, 0.15) is 6.42 Å². The highest BCUT2D eigenvalue weighted by Gasteiger charge is 2.14. The number of aryl methyl sites for hydroxylation is 1. The van der Waals surface area contributed by atoms with Gasteiger partial charge in [-0.25, -0.2) is 9.97 Å². The van der Waals surface area contributed by atoms with Crippen LogP contribution in [0, 0.1) is 0 Å². The number of fused-ring (bicyclic) bond motifs is 4. The molecule has 144 valence electrons. The summed E-state index contributed by atoms with van der Waals surface area (Å²) >= 11 is 0. The summed E-state index contributed by atoms with van der Waals surface area (Å²) in [6, 6.07) is 15.8. The fourth-order valence-electron chi connectivity index (χ4n) is 3.34. The summed E-state index contributed by atoms with van der Waals surface area (Å²) in [6.45, 7) is 1.59. The molecule has 0 bridgehead atoms. The SMILES string of the molecule is O=C(CCn1c2ccccc2c2nc3ccccc3nc21)NCCOCCO. The first kappa shape index (κ1) is 18.3. The van der Waals surface area contributed by atoms with Gasteiger partial charge in [-0.05, 0) is 18.2 Å². The maximum atomic E-state index is 12.2. The fourth-order valence-corrected chi connectivity index (χ4v) is 3.34. The summed E-state index contributed by atoms with van der Waals surface area (Å²) in [5.41, 5.74) is 4.36. The molecule has 1 amide bonds. The summed E-state index contributed by atoms with van der Waals surface area (Å²) in [4.78, 5) is 21.8. The Balaban J connectivity index is 1.59. The number of aliphatic hydroxyl groups excluding tert-OH is 1. The highest BCUT2D eigenvalue weighted by atomic mass is 16.5. The molecule has 0 saturated heterocycles. The van der Waals surface area contributed by atoms with Crippen molar-refractivity contribution in [2.75, 3.05) is 26.4 Å². The first-order valence-electron chi connectivity index (χ1n) is 9.37. The molecule has 7 nitrogen and oxygen atoms in total. The Morgan fingerprint density at radius 3 is 2.61 bits per heavy atom. The van der Waals surface area contributed by atoms with Gasteiger partial charge in [-0.1, -0.05) is 30.3 Å². The largest absolute Gasteiger partial charge is 0.394 e. The summed E-state index contributed by atoms with van der Waals surface area (Å²) in [7, 11) is 0. The van der Waals surface area contributed by atoms with Crippen molar-refractivity contribution in [3.05, 3.63) is 48.5 Å². The summed E-state index contributed by atoms with van der Waals surface area (Å²) in [6.07, 6.45) is 0.336. The zero-order valence-corrected chi connectivity index (χ0v) is 15.5. The standard InChI is InChI=1S/C21H22N4O3/c26-12-14-28-13-10-22-19(27)9-11-25-18-8-4-1-5-15(18)20-21(25)24-17-7-3-2-6-16(17)23-20/h1-8,26H,9-14H2,(H,22,27). The Kier molecular flexibility index (Phi) is 5.45. The van der Waals surface area contributed by atoms with Crippen LogP contribution in [-0.2, 0) is 16.1 Å². The van der Waals surface area contributed by atoms with Crippen molar-refractivity contribution in [1.82, 2.24) is 19.9 Å². The zero-order valence-electron chi connectivity index (χ0n) is 15.5. The third-order valence-electron chi connectivity index (χ3n) is 4.62. The highest BCUT2D eigenvalue weighted by Crippen LogP contribution is 2.28. The lowest BCUT2D eigenvalue weighted by Crippen LogP contribution is -2.28. The number of amides is 1. The number of hydrogen-bond acceptors (Lipinski definition) is 5. The van der Waals surface area contributed by atoms with E-state index in [4.69, 9.17) is 19.8 Å². The number of aliphatic hydroxyl groups is 1. The lowest BCUT2D eigenvalue weighted by molar-refractivity contribution is -0.121. The summed E-state index contributed by atoms with van der Waals surface area (Å²) in [5, 5.41) is 12.5. The number of carbonyl (C=O) groups excluding carboxylic acids is 1. The molecule has 7 heteroatoms. The zero-order chi connectivity index (χ0) is 19.3. The summed E-state index contributed by atoms with van der Waals surface area (Å²) < 4.78 is 7.21. The minimum Gasteiger partial charge on any atom is -0.394 e. The van der Waals surface area contributed by atoms with Gasteiger partial charge in [0, 0.05) is 24.9 Å². The molecule has 2 aromatic heterocycles. The Bertz CT molecular complexity index is 1120. The van der Waals surface area contributed by atoms with Gasteiger partial charge in [0.05, 0.1) is 36.4 Å². The van der Waals surface area contributed by atoms with Crippen LogP contribution in [-0.4, -0.2) is 51.9 Å². The molecule has 4 aromatic rings. The first-order chi connectivity index (χ1) is 13.8. The van der Waals surface area contributed by atoms with Crippen LogP contribution >= 0.6 is 0 Å². The molecule has 2 N–H and O–H groups in total. The number of benzene rings is 2. The molecule has 0 fully saturated rings. The van der Waals surface area contributed by atoms with E-state index in [1.54, 1.807) is 0 Å². The fraction of sp³-hybridized carbons (Fsp3) is 0.286. The van der Waals surface area contributed by atoms with Crippen LogP contribution in [0.3, 0.4) is 0 Å². The van der Waals surface area contributed by atoms with Crippen molar-refractivity contribution >= 4 is 39.0 Å². The van der Waals surface area contributed by atoms with Crippen molar-refractivity contribution in [3.8, 4) is 0 Å². The van der Waals surface area contributed by atoms with Crippen molar-refractivity contribution in [1.29, 1.82) is 0 Å². The number of carbonyl (C=O) groups is 1. The van der Waals surface area contributed by atoms with Gasteiger partial charge in [0.25, 0.3) is 0 Å². The third kappa shape index (κ3) is 3.67. The predicted molar refractivity (Wildman–Crippen MR) is 108 cm³/mol. The molecular weight excluding hydrogens is 356 g/mol. The molecule has 4 rings (SSSR count). The molecule has 0 aliphatic rings. The number of aromatic nitrogens is 3. The molecule has 0 unspecified atom stereocenters. The summed E-state index contributed by atoms with van der Waals surface area (Å²) in [5.74, 6) is -0.0488. The van der Waals surface area contributed by atoms with E-state index in [1.807, 2.05) is 48.5 Å². The van der Waals surface area contributed by atoms with Gasteiger partial charge in [-0.2, -0.15) is 0 Å². The van der Waals surface area contributed by atoms with Gasteiger partial charge in [-0.3, -0.25) is 4.79 Å². The van der Waals surface area contributed by atoms with Gasteiger partial charge < -0.3 is 19.7 Å². The van der Waals surface area contributed by atoms with E-state index < -0.39 is 0 Å². The van der Waals surface area contributed by atoms with Crippen molar-refractivity contribution < 1.29 is 14.6 Å². The van der Waals surface area contributed by atoms with Crippen molar-refractivity contribution in [2.45, 2.75) is 13.0 Å². The van der Waals surface area contributed by atoms with E-state index in [2.05, 4.69) is 9.88 Å². The minimum absolute atomic E-state index is 0.0164. The predicted octanol–water partition coefficient (Wildman–Crippen LogP) is 2.25. The van der Waals surface area contributed by atoms with Gasteiger partial charge in [-0.15, -0.1) is 0 Å². The van der Waals surface area contributed by atoms with E-state index in [-0.39, 0.29) is 19.1 Å². The van der Waals surface area contributed by atoms with Gasteiger partial charge in [0.1, 0.15) is 5.52 Å². The molecule has 28 heavy (non-hydrogen) atoms. The monoisotopic (exact) mass is 378 g/mol. The second-order valence-corrected chi connectivity index (χ2v) is 6.49. The van der Waals surface area contributed by atoms with E-state index in [9.17, 15) is 4.79 Å². The number of nitrogens with zero attached hydrogens (tertiary/aromatic N) is 3. The number of hydrogen-bond donors (Lipinski definition) is 2. The number of rotatable bonds is 8. The molecule has 0 aliphatic carbocycles. The Morgan fingerprint density at radius 1 is 1.04 bits per heavy atom. The third-order valence-corrected chi connectivity index (χ3v) is 4.62. The van der Waals surface area contributed by atoms with Gasteiger partial charge >= 0.3 is 0 Å². The number of ether oxygens (including phenoxy) is 1. The lowest BCUT2D eigenvalue weighted by Gasteiger charge is -2.08. The molecule has 0 saturated carbocycles. The second kappa shape index (κ2) is 8.33. The average Bonchev–Trinajstić information content (AvgIpc) is 3.03. The van der Waals surface area contributed by atoms with Crippen LogP contribution in [0.25, 0.3) is 33.1 Å². The Labute approximate surface area is 162 Å². The van der Waals surface area contributed by atoms with Crippen LogP contribution in [0.5, 0.6) is 0 Å². The maximum absolute atomic E-state index is 12.2. The molecular formula is C21H22N4O3. The Morgan fingerprint density at radius 2 is 1.79 bits per heavy atom. The number of nitrogens with one attached hydrogen (secondary N) is 1. The van der Waals surface area contributed by atoms with E-state index in [0.29, 0.717) is 26.1 Å². The molecule has 2 aromatic carbocycles. The van der Waals surface area contributed by atoms with Crippen LogP contribution < -0.4 is 5.32 Å². The van der Waals surface area contributed by atoms with Gasteiger partial charge in [0.2, 0.25) is 5.91 Å². The Hall–Kier alpha value is -3.03. The van der Waals surface area contributed by atoms with Crippen LogP contribution in [0.15, 0.2) is 48.5 Å².